The Kier molecular flexibility index (Phi) is 6.35. The summed E-state index contributed by atoms with van der Waals surface area (Å²) in [5.41, 5.74) is 3.69. The minimum atomic E-state index is 0.731. The molecule has 1 aliphatic rings. The van der Waals surface area contributed by atoms with E-state index in [1.807, 2.05) is 18.2 Å². The van der Waals surface area contributed by atoms with Crippen LogP contribution in [-0.2, 0) is 6.42 Å². The predicted octanol–water partition coefficient (Wildman–Crippen LogP) is 3.87. The lowest BCUT2D eigenvalue weighted by molar-refractivity contribution is 0.133. The summed E-state index contributed by atoms with van der Waals surface area (Å²) in [7, 11) is 2.18. The van der Waals surface area contributed by atoms with Crippen molar-refractivity contribution >= 4 is 11.6 Å². The monoisotopic (exact) mass is 358 g/mol. The highest BCUT2D eigenvalue weighted by molar-refractivity contribution is 6.30. The number of hydrogen-bond donors (Lipinski definition) is 0. The first-order valence-corrected chi connectivity index (χ1v) is 9.35. The molecule has 25 heavy (non-hydrogen) atoms. The number of ether oxygens (including phenoxy) is 1. The quantitative estimate of drug-likeness (QED) is 0.779. The van der Waals surface area contributed by atoms with Gasteiger partial charge < -0.3 is 9.64 Å². The highest BCUT2D eigenvalue weighted by atomic mass is 35.5. The van der Waals surface area contributed by atoms with Gasteiger partial charge in [0.2, 0.25) is 0 Å². The van der Waals surface area contributed by atoms with E-state index in [0.717, 1.165) is 56.5 Å². The van der Waals surface area contributed by atoms with Crippen molar-refractivity contribution in [2.75, 3.05) is 46.4 Å². The summed E-state index contributed by atoms with van der Waals surface area (Å²) >= 11 is 6.12. The van der Waals surface area contributed by atoms with Crippen LogP contribution in [0.15, 0.2) is 42.5 Å². The molecule has 0 aliphatic carbocycles. The highest BCUT2D eigenvalue weighted by Gasteiger charge is 2.13. The zero-order valence-electron chi connectivity index (χ0n) is 15.2. The van der Waals surface area contributed by atoms with E-state index in [9.17, 15) is 0 Å². The van der Waals surface area contributed by atoms with E-state index < -0.39 is 0 Å². The molecule has 3 nitrogen and oxygen atoms in total. The van der Waals surface area contributed by atoms with E-state index >= 15 is 0 Å². The number of halogens is 1. The van der Waals surface area contributed by atoms with Gasteiger partial charge in [0.1, 0.15) is 12.4 Å². The van der Waals surface area contributed by atoms with Gasteiger partial charge in [0.05, 0.1) is 0 Å². The molecule has 2 aromatic rings. The second-order valence-corrected chi connectivity index (χ2v) is 7.35. The summed E-state index contributed by atoms with van der Waals surface area (Å²) in [6.45, 7) is 8.38. The van der Waals surface area contributed by atoms with Crippen LogP contribution in [0.5, 0.6) is 5.75 Å². The Hall–Kier alpha value is -1.55. The molecule has 0 atom stereocenters. The lowest BCUT2D eigenvalue weighted by Crippen LogP contribution is -2.45. The van der Waals surface area contributed by atoms with Crippen molar-refractivity contribution in [1.82, 2.24) is 9.80 Å². The van der Waals surface area contributed by atoms with Crippen molar-refractivity contribution < 1.29 is 4.74 Å². The van der Waals surface area contributed by atoms with Gasteiger partial charge in [-0.15, -0.1) is 0 Å². The first-order valence-electron chi connectivity index (χ1n) is 8.98. The third kappa shape index (κ3) is 5.46. The minimum absolute atomic E-state index is 0.731. The largest absolute Gasteiger partial charge is 0.492 e. The zero-order chi connectivity index (χ0) is 17.6. The van der Waals surface area contributed by atoms with Gasteiger partial charge in [0, 0.05) is 44.2 Å². The fourth-order valence-corrected chi connectivity index (χ4v) is 3.42. The summed E-state index contributed by atoms with van der Waals surface area (Å²) in [4.78, 5) is 4.85. The van der Waals surface area contributed by atoms with Crippen LogP contribution in [0.4, 0.5) is 0 Å². The first kappa shape index (κ1) is 18.2. The molecule has 0 saturated carbocycles. The Bertz CT molecular complexity index is 696. The first-order chi connectivity index (χ1) is 12.1. The Balaban J connectivity index is 1.61. The fourth-order valence-electron chi connectivity index (χ4n) is 3.21. The van der Waals surface area contributed by atoms with Gasteiger partial charge >= 0.3 is 0 Å². The van der Waals surface area contributed by atoms with Crippen molar-refractivity contribution in [3.63, 3.8) is 0 Å². The van der Waals surface area contributed by atoms with Crippen LogP contribution in [0.25, 0.3) is 0 Å². The summed E-state index contributed by atoms with van der Waals surface area (Å²) in [6.07, 6.45) is 0.839. The van der Waals surface area contributed by atoms with Crippen molar-refractivity contribution in [2.45, 2.75) is 13.3 Å². The van der Waals surface area contributed by atoms with Gasteiger partial charge in [0.25, 0.3) is 0 Å². The molecule has 3 rings (SSSR count). The van der Waals surface area contributed by atoms with Gasteiger partial charge in [-0.1, -0.05) is 41.4 Å². The normalized spacial score (nSPS) is 16.1. The number of benzene rings is 2. The number of nitrogens with zero attached hydrogens (tertiary/aromatic N) is 2. The van der Waals surface area contributed by atoms with Crippen molar-refractivity contribution in [3.05, 3.63) is 64.2 Å². The molecular weight excluding hydrogens is 332 g/mol. The van der Waals surface area contributed by atoms with E-state index in [-0.39, 0.29) is 0 Å². The van der Waals surface area contributed by atoms with Gasteiger partial charge in [0.15, 0.2) is 0 Å². The van der Waals surface area contributed by atoms with E-state index in [1.54, 1.807) is 0 Å². The van der Waals surface area contributed by atoms with Crippen LogP contribution in [0.2, 0.25) is 5.02 Å². The molecule has 1 heterocycles. The zero-order valence-corrected chi connectivity index (χ0v) is 15.9. The average molecular weight is 359 g/mol. The Morgan fingerprint density at radius 2 is 1.84 bits per heavy atom. The average Bonchev–Trinajstić information content (AvgIpc) is 2.59. The van der Waals surface area contributed by atoms with Crippen LogP contribution >= 0.6 is 11.6 Å². The molecule has 1 saturated heterocycles. The van der Waals surface area contributed by atoms with Crippen molar-refractivity contribution in [1.29, 1.82) is 0 Å². The molecule has 0 unspecified atom stereocenters. The lowest BCUT2D eigenvalue weighted by Gasteiger charge is -2.32. The molecule has 0 N–H and O–H groups in total. The molecule has 0 bridgehead atoms. The van der Waals surface area contributed by atoms with Crippen LogP contribution < -0.4 is 4.74 Å². The van der Waals surface area contributed by atoms with Crippen molar-refractivity contribution in [2.24, 2.45) is 0 Å². The molecule has 1 aliphatic heterocycles. The topological polar surface area (TPSA) is 15.7 Å². The summed E-state index contributed by atoms with van der Waals surface area (Å²) in [6, 6.07) is 14.5. The molecule has 0 spiro atoms. The van der Waals surface area contributed by atoms with E-state index in [2.05, 4.69) is 48.0 Å². The third-order valence-electron chi connectivity index (χ3n) is 4.76. The number of likely N-dealkylation sites (N-methyl/N-ethyl adjacent to an activating group) is 1. The Labute approximate surface area is 156 Å². The molecule has 0 aromatic heterocycles. The maximum atomic E-state index is 6.14. The van der Waals surface area contributed by atoms with Gasteiger partial charge in [-0.25, -0.2) is 0 Å². The molecule has 0 radical (unpaired) electrons. The molecule has 4 heteroatoms. The second kappa shape index (κ2) is 8.70. The van der Waals surface area contributed by atoms with Gasteiger partial charge in [-0.05, 0) is 43.3 Å². The SMILES string of the molecule is Cc1ccc(OCCN2CCN(C)CC2)c(Cc2cccc(Cl)c2)c1. The summed E-state index contributed by atoms with van der Waals surface area (Å²) in [5, 5.41) is 0.780. The molecule has 0 amide bonds. The Morgan fingerprint density at radius 1 is 1.04 bits per heavy atom. The number of hydrogen-bond acceptors (Lipinski definition) is 3. The maximum Gasteiger partial charge on any atom is 0.122 e. The van der Waals surface area contributed by atoms with Gasteiger partial charge in [-0.3, -0.25) is 4.90 Å². The van der Waals surface area contributed by atoms with E-state index in [1.165, 1.54) is 16.7 Å². The molecule has 1 fully saturated rings. The number of aryl methyl sites for hydroxylation is 1. The second-order valence-electron chi connectivity index (χ2n) is 6.91. The molecular formula is C21H27ClN2O. The number of rotatable bonds is 6. The van der Waals surface area contributed by atoms with Crippen molar-refractivity contribution in [3.8, 4) is 5.75 Å². The van der Waals surface area contributed by atoms with Crippen LogP contribution in [0.3, 0.4) is 0 Å². The highest BCUT2D eigenvalue weighted by Crippen LogP contribution is 2.24. The third-order valence-corrected chi connectivity index (χ3v) is 5.00. The van der Waals surface area contributed by atoms with Gasteiger partial charge in [-0.2, -0.15) is 0 Å². The van der Waals surface area contributed by atoms with E-state index in [4.69, 9.17) is 16.3 Å². The van der Waals surface area contributed by atoms with E-state index in [0.29, 0.717) is 0 Å². The smallest absolute Gasteiger partial charge is 0.122 e. The van der Waals surface area contributed by atoms with Crippen LogP contribution in [0, 0.1) is 6.92 Å². The van der Waals surface area contributed by atoms with Crippen LogP contribution in [0.1, 0.15) is 16.7 Å². The van der Waals surface area contributed by atoms with Crippen LogP contribution in [-0.4, -0.2) is 56.2 Å². The minimum Gasteiger partial charge on any atom is -0.492 e. The molecule has 134 valence electrons. The Morgan fingerprint density at radius 3 is 2.60 bits per heavy atom. The standard InChI is InChI=1S/C21H27ClN2O/c1-17-6-7-21(25-13-12-24-10-8-23(2)9-11-24)19(14-17)15-18-4-3-5-20(22)16-18/h3-7,14,16H,8-13,15H2,1-2H3. The summed E-state index contributed by atoms with van der Waals surface area (Å²) in [5.74, 6) is 0.986. The fraction of sp³-hybridized carbons (Fsp3) is 0.429. The number of piperazine rings is 1. The molecule has 2 aromatic carbocycles. The predicted molar refractivity (Wildman–Crippen MR) is 105 cm³/mol. The summed E-state index contributed by atoms with van der Waals surface area (Å²) < 4.78 is 6.14. The lowest BCUT2D eigenvalue weighted by atomic mass is 10.0. The maximum absolute atomic E-state index is 6.14.